The minimum atomic E-state index is -4.31. The predicted octanol–water partition coefficient (Wildman–Crippen LogP) is 4.90. The Morgan fingerprint density at radius 1 is 1.23 bits per heavy atom. The smallest absolute Gasteiger partial charge is 0.377 e. The molecule has 0 aliphatic carbocycles. The van der Waals surface area contributed by atoms with Crippen molar-refractivity contribution in [1.29, 1.82) is 0 Å². The molecule has 0 radical (unpaired) electrons. The number of H-pyrrole nitrogens is 1. The van der Waals surface area contributed by atoms with Crippen LogP contribution < -0.4 is 10.6 Å². The molecule has 0 bridgehead atoms. The Morgan fingerprint density at radius 2 is 2.07 bits per heavy atom. The first-order valence-electron chi connectivity index (χ1n) is 9.31. The van der Waals surface area contributed by atoms with Gasteiger partial charge in [0.1, 0.15) is 22.7 Å². The largest absolute Gasteiger partial charge is 0.412 e. The molecular weight excluding hydrogens is 415 g/mol. The van der Waals surface area contributed by atoms with Crippen molar-refractivity contribution in [2.24, 2.45) is 0 Å². The van der Waals surface area contributed by atoms with E-state index in [2.05, 4.69) is 31.7 Å². The molecule has 1 atom stereocenters. The van der Waals surface area contributed by atoms with Crippen LogP contribution in [0.4, 0.5) is 19.0 Å². The van der Waals surface area contributed by atoms with E-state index in [0.717, 1.165) is 33.8 Å². The second-order valence-corrected chi connectivity index (χ2v) is 7.52. The third-order valence-electron chi connectivity index (χ3n) is 4.84. The van der Waals surface area contributed by atoms with Crippen LogP contribution in [0.15, 0.2) is 54.5 Å². The molecule has 4 rings (SSSR count). The summed E-state index contributed by atoms with van der Waals surface area (Å²) in [5.41, 5.74) is 4.53. The molecule has 0 saturated heterocycles. The molecule has 0 fully saturated rings. The van der Waals surface area contributed by atoms with E-state index in [1.165, 1.54) is 12.3 Å². The molecule has 5 nitrogen and oxygen atoms in total. The highest BCUT2D eigenvalue weighted by molar-refractivity contribution is 6.30. The Balaban J connectivity index is 1.41. The van der Waals surface area contributed by atoms with Gasteiger partial charge >= 0.3 is 6.18 Å². The third-order valence-corrected chi connectivity index (χ3v) is 5.16. The summed E-state index contributed by atoms with van der Waals surface area (Å²) in [6.07, 6.45) is 3.93. The number of aryl methyl sites for hydroxylation is 1. The number of nitrogens with one attached hydrogen (secondary N) is 3. The quantitative estimate of drug-likeness (QED) is 0.501. The summed E-state index contributed by atoms with van der Waals surface area (Å²) in [6.45, 7) is 2.32. The summed E-state index contributed by atoms with van der Waals surface area (Å²) in [5.74, 6) is 0.549. The molecule has 0 saturated carbocycles. The van der Waals surface area contributed by atoms with Gasteiger partial charge in [-0.25, -0.2) is 9.97 Å². The number of nitrogens with zero attached hydrogens (tertiary/aromatic N) is 2. The van der Waals surface area contributed by atoms with Gasteiger partial charge in [-0.05, 0) is 41.3 Å². The van der Waals surface area contributed by atoms with Crippen LogP contribution >= 0.6 is 11.6 Å². The van der Waals surface area contributed by atoms with Crippen LogP contribution in [0.2, 0.25) is 5.15 Å². The molecule has 3 aromatic rings. The SMILES string of the molecule is Cc1cnc2[nH]cc(Cc3ccc(NCC4=CNC(C(F)(F)F)C=C4)nc3Cl)c2c1. The van der Waals surface area contributed by atoms with E-state index in [9.17, 15) is 13.2 Å². The van der Waals surface area contributed by atoms with E-state index in [1.54, 1.807) is 6.07 Å². The molecule has 4 heterocycles. The highest BCUT2D eigenvalue weighted by atomic mass is 35.5. The van der Waals surface area contributed by atoms with Crippen molar-refractivity contribution in [3.8, 4) is 0 Å². The van der Waals surface area contributed by atoms with Gasteiger partial charge in [0.05, 0.1) is 0 Å². The zero-order chi connectivity index (χ0) is 21.3. The van der Waals surface area contributed by atoms with Crippen molar-refractivity contribution in [3.05, 3.63) is 76.4 Å². The maximum absolute atomic E-state index is 12.7. The van der Waals surface area contributed by atoms with Crippen molar-refractivity contribution in [2.75, 3.05) is 11.9 Å². The van der Waals surface area contributed by atoms with Gasteiger partial charge in [-0.3, -0.25) is 0 Å². The first-order chi connectivity index (χ1) is 14.3. The molecule has 3 N–H and O–H groups in total. The Morgan fingerprint density at radius 3 is 2.77 bits per heavy atom. The van der Waals surface area contributed by atoms with Gasteiger partial charge in [-0.15, -0.1) is 0 Å². The minimum absolute atomic E-state index is 0.324. The standard InChI is InChI=1S/C21H19ClF3N5/c1-12-6-16-15(11-29-20(16)28-8-12)7-14-3-5-18(30-19(14)22)27-10-13-2-4-17(26-9-13)21(23,24)25/h2-6,8-9,11,17,26H,7,10H2,1H3,(H,27,30)(H,28,29). The van der Waals surface area contributed by atoms with Gasteiger partial charge in [0.2, 0.25) is 0 Å². The van der Waals surface area contributed by atoms with Crippen molar-refractivity contribution in [3.63, 3.8) is 0 Å². The van der Waals surface area contributed by atoms with Crippen LogP contribution in [0.25, 0.3) is 11.0 Å². The number of aromatic nitrogens is 3. The molecule has 1 unspecified atom stereocenters. The van der Waals surface area contributed by atoms with Crippen molar-refractivity contribution in [2.45, 2.75) is 25.6 Å². The lowest BCUT2D eigenvalue weighted by Gasteiger charge is -2.21. The van der Waals surface area contributed by atoms with Crippen molar-refractivity contribution >= 4 is 28.5 Å². The fourth-order valence-corrected chi connectivity index (χ4v) is 3.45. The number of rotatable bonds is 5. The van der Waals surface area contributed by atoms with E-state index < -0.39 is 12.2 Å². The number of hydrogen-bond acceptors (Lipinski definition) is 4. The third kappa shape index (κ3) is 4.43. The zero-order valence-corrected chi connectivity index (χ0v) is 16.8. The molecule has 9 heteroatoms. The number of halogens is 4. The number of pyridine rings is 2. The molecule has 0 spiro atoms. The molecule has 1 aliphatic rings. The number of fused-ring (bicyclic) bond motifs is 1. The molecule has 0 amide bonds. The van der Waals surface area contributed by atoms with Gasteiger partial charge in [0.25, 0.3) is 0 Å². The average Bonchev–Trinajstić information content (AvgIpc) is 3.10. The Labute approximate surface area is 176 Å². The van der Waals surface area contributed by atoms with Crippen molar-refractivity contribution < 1.29 is 13.2 Å². The molecule has 30 heavy (non-hydrogen) atoms. The molecule has 0 aromatic carbocycles. The van der Waals surface area contributed by atoms with Gasteiger partial charge in [0, 0.05) is 36.9 Å². The lowest BCUT2D eigenvalue weighted by Crippen LogP contribution is -2.39. The van der Waals surface area contributed by atoms with Gasteiger partial charge in [0.15, 0.2) is 0 Å². The summed E-state index contributed by atoms with van der Waals surface area (Å²) in [6, 6.07) is 4.12. The van der Waals surface area contributed by atoms with Gasteiger partial charge in [-0.1, -0.05) is 29.8 Å². The van der Waals surface area contributed by atoms with Crippen LogP contribution in [0.5, 0.6) is 0 Å². The highest BCUT2D eigenvalue weighted by Crippen LogP contribution is 2.26. The second kappa shape index (κ2) is 8.02. The Kier molecular flexibility index (Phi) is 5.42. The number of alkyl halides is 3. The van der Waals surface area contributed by atoms with E-state index in [0.29, 0.717) is 29.5 Å². The topological polar surface area (TPSA) is 65.6 Å². The van der Waals surface area contributed by atoms with Crippen molar-refractivity contribution in [1.82, 2.24) is 20.3 Å². The first-order valence-corrected chi connectivity index (χ1v) is 9.69. The Bertz CT molecular complexity index is 1130. The second-order valence-electron chi connectivity index (χ2n) is 7.16. The number of hydrogen-bond donors (Lipinski definition) is 3. The number of dihydropyridines is 1. The van der Waals surface area contributed by atoms with E-state index in [1.807, 2.05) is 25.4 Å². The van der Waals surface area contributed by atoms with Gasteiger partial charge < -0.3 is 15.6 Å². The van der Waals surface area contributed by atoms with E-state index >= 15 is 0 Å². The Hall–Kier alpha value is -3.00. The first kappa shape index (κ1) is 20.3. The lowest BCUT2D eigenvalue weighted by atomic mass is 10.1. The summed E-state index contributed by atoms with van der Waals surface area (Å²) in [4.78, 5) is 11.9. The summed E-state index contributed by atoms with van der Waals surface area (Å²) >= 11 is 6.38. The maximum Gasteiger partial charge on any atom is 0.412 e. The summed E-state index contributed by atoms with van der Waals surface area (Å²) in [5, 5.41) is 6.84. The van der Waals surface area contributed by atoms with Crippen LogP contribution in [0.1, 0.15) is 16.7 Å². The summed E-state index contributed by atoms with van der Waals surface area (Å²) in [7, 11) is 0. The van der Waals surface area contributed by atoms with Crippen LogP contribution in [-0.2, 0) is 6.42 Å². The monoisotopic (exact) mass is 433 g/mol. The number of aromatic amines is 1. The van der Waals surface area contributed by atoms with Gasteiger partial charge in [-0.2, -0.15) is 13.2 Å². The molecule has 156 valence electrons. The molecule has 3 aromatic heterocycles. The number of anilines is 1. The highest BCUT2D eigenvalue weighted by Gasteiger charge is 2.38. The zero-order valence-electron chi connectivity index (χ0n) is 16.0. The van der Waals surface area contributed by atoms with E-state index in [-0.39, 0.29) is 0 Å². The normalized spacial score (nSPS) is 16.4. The fraction of sp³-hybridized carbons (Fsp3) is 0.238. The minimum Gasteiger partial charge on any atom is -0.377 e. The summed E-state index contributed by atoms with van der Waals surface area (Å²) < 4.78 is 38.0. The lowest BCUT2D eigenvalue weighted by molar-refractivity contribution is -0.142. The average molecular weight is 434 g/mol. The maximum atomic E-state index is 12.7. The van der Waals surface area contributed by atoms with Crippen LogP contribution in [0.3, 0.4) is 0 Å². The van der Waals surface area contributed by atoms with E-state index in [4.69, 9.17) is 11.6 Å². The molecular formula is C21H19ClF3N5. The fourth-order valence-electron chi connectivity index (χ4n) is 3.23. The van der Waals surface area contributed by atoms with Crippen LogP contribution in [0, 0.1) is 6.92 Å². The van der Waals surface area contributed by atoms with Crippen LogP contribution in [-0.4, -0.2) is 33.7 Å². The predicted molar refractivity (Wildman–Crippen MR) is 112 cm³/mol. The molecule has 1 aliphatic heterocycles.